The van der Waals surface area contributed by atoms with Gasteiger partial charge in [0.2, 0.25) is 5.91 Å². The van der Waals surface area contributed by atoms with Gasteiger partial charge in [-0.3, -0.25) is 4.79 Å². The SMILES string of the molecule is CCCOc1ccc(CNC(=O)C(C)(N)c2ccccc2)c(OC(F)F)c1. The van der Waals surface area contributed by atoms with Crippen molar-refractivity contribution in [3.8, 4) is 11.5 Å². The summed E-state index contributed by atoms with van der Waals surface area (Å²) in [6.45, 7) is 1.01. The Kier molecular flexibility index (Phi) is 7.12. The molecule has 27 heavy (non-hydrogen) atoms. The number of benzene rings is 2. The number of alkyl halides is 2. The zero-order valence-electron chi connectivity index (χ0n) is 15.4. The Morgan fingerprint density at radius 1 is 1.22 bits per heavy atom. The molecule has 0 radical (unpaired) electrons. The van der Waals surface area contributed by atoms with Crippen LogP contribution in [0.1, 0.15) is 31.4 Å². The molecule has 0 aliphatic heterocycles. The third-order valence-electron chi connectivity index (χ3n) is 4.01. The molecule has 0 heterocycles. The fraction of sp³-hybridized carbons (Fsp3) is 0.350. The van der Waals surface area contributed by atoms with E-state index in [0.29, 0.717) is 23.5 Å². The maximum atomic E-state index is 12.7. The average molecular weight is 378 g/mol. The number of amides is 1. The third-order valence-corrected chi connectivity index (χ3v) is 4.01. The van der Waals surface area contributed by atoms with Crippen LogP contribution in [0, 0.1) is 0 Å². The van der Waals surface area contributed by atoms with Crippen LogP contribution in [-0.4, -0.2) is 19.1 Å². The van der Waals surface area contributed by atoms with E-state index in [2.05, 4.69) is 10.1 Å². The molecular weight excluding hydrogens is 354 g/mol. The van der Waals surface area contributed by atoms with Gasteiger partial charge in [0, 0.05) is 18.2 Å². The molecule has 0 fully saturated rings. The van der Waals surface area contributed by atoms with E-state index in [1.807, 2.05) is 13.0 Å². The molecule has 1 amide bonds. The van der Waals surface area contributed by atoms with Crippen molar-refractivity contribution in [2.24, 2.45) is 5.73 Å². The summed E-state index contributed by atoms with van der Waals surface area (Å²) < 4.78 is 35.5. The second kappa shape index (κ2) is 9.32. The predicted molar refractivity (Wildman–Crippen MR) is 98.7 cm³/mol. The fourth-order valence-corrected chi connectivity index (χ4v) is 2.47. The van der Waals surface area contributed by atoms with Gasteiger partial charge in [-0.2, -0.15) is 8.78 Å². The van der Waals surface area contributed by atoms with Crippen molar-refractivity contribution in [3.63, 3.8) is 0 Å². The number of hydrogen-bond donors (Lipinski definition) is 2. The number of carbonyl (C=O) groups is 1. The fourth-order valence-electron chi connectivity index (χ4n) is 2.47. The van der Waals surface area contributed by atoms with Gasteiger partial charge in [-0.1, -0.05) is 37.3 Å². The molecule has 2 aromatic carbocycles. The summed E-state index contributed by atoms with van der Waals surface area (Å²) in [6.07, 6.45) is 0.789. The van der Waals surface area contributed by atoms with Gasteiger partial charge in [-0.05, 0) is 31.0 Å². The van der Waals surface area contributed by atoms with E-state index in [9.17, 15) is 13.6 Å². The number of hydrogen-bond acceptors (Lipinski definition) is 4. The summed E-state index contributed by atoms with van der Waals surface area (Å²) in [6, 6.07) is 13.5. The molecule has 0 saturated heterocycles. The minimum atomic E-state index is -2.98. The first kappa shape index (κ1) is 20.6. The number of rotatable bonds is 9. The van der Waals surface area contributed by atoms with Crippen LogP contribution < -0.4 is 20.5 Å². The Labute approximate surface area is 157 Å². The highest BCUT2D eigenvalue weighted by Gasteiger charge is 2.30. The first-order chi connectivity index (χ1) is 12.8. The monoisotopic (exact) mass is 378 g/mol. The Hall–Kier alpha value is -2.67. The largest absolute Gasteiger partial charge is 0.493 e. The molecule has 5 nitrogen and oxygen atoms in total. The highest BCUT2D eigenvalue weighted by Crippen LogP contribution is 2.27. The maximum absolute atomic E-state index is 12.7. The maximum Gasteiger partial charge on any atom is 0.387 e. The molecule has 0 aliphatic rings. The molecule has 0 aliphatic carbocycles. The van der Waals surface area contributed by atoms with Gasteiger partial charge < -0.3 is 20.5 Å². The van der Waals surface area contributed by atoms with Crippen molar-refractivity contribution in [3.05, 3.63) is 59.7 Å². The van der Waals surface area contributed by atoms with Crippen LogP contribution in [-0.2, 0) is 16.9 Å². The van der Waals surface area contributed by atoms with Gasteiger partial charge in [-0.25, -0.2) is 0 Å². The van der Waals surface area contributed by atoms with Crippen LogP contribution in [0.2, 0.25) is 0 Å². The minimum Gasteiger partial charge on any atom is -0.493 e. The van der Waals surface area contributed by atoms with Crippen molar-refractivity contribution in [1.82, 2.24) is 5.32 Å². The van der Waals surface area contributed by atoms with E-state index in [1.165, 1.54) is 6.07 Å². The highest BCUT2D eigenvalue weighted by atomic mass is 19.3. The molecule has 0 bridgehead atoms. The number of halogens is 2. The molecule has 0 spiro atoms. The zero-order chi connectivity index (χ0) is 19.9. The van der Waals surface area contributed by atoms with E-state index < -0.39 is 18.1 Å². The van der Waals surface area contributed by atoms with Crippen LogP contribution >= 0.6 is 0 Å². The summed E-state index contributed by atoms with van der Waals surface area (Å²) in [7, 11) is 0. The summed E-state index contributed by atoms with van der Waals surface area (Å²) in [5, 5.41) is 2.68. The lowest BCUT2D eigenvalue weighted by Gasteiger charge is -2.24. The summed E-state index contributed by atoms with van der Waals surface area (Å²) in [5.41, 5.74) is 5.95. The third kappa shape index (κ3) is 5.65. The van der Waals surface area contributed by atoms with Gasteiger partial charge in [0.15, 0.2) is 0 Å². The second-order valence-corrected chi connectivity index (χ2v) is 6.25. The van der Waals surface area contributed by atoms with Crippen molar-refractivity contribution in [2.75, 3.05) is 6.61 Å². The van der Waals surface area contributed by atoms with Crippen molar-refractivity contribution in [2.45, 2.75) is 39.0 Å². The lowest BCUT2D eigenvalue weighted by Crippen LogP contribution is -2.48. The molecule has 1 atom stereocenters. The topological polar surface area (TPSA) is 73.6 Å². The number of ether oxygens (including phenoxy) is 2. The van der Waals surface area contributed by atoms with E-state index >= 15 is 0 Å². The second-order valence-electron chi connectivity index (χ2n) is 6.25. The average Bonchev–Trinajstić information content (AvgIpc) is 2.65. The number of carbonyl (C=O) groups excluding carboxylic acids is 1. The predicted octanol–water partition coefficient (Wildman–Crippen LogP) is 3.57. The van der Waals surface area contributed by atoms with E-state index in [4.69, 9.17) is 10.5 Å². The van der Waals surface area contributed by atoms with Gasteiger partial charge in [0.1, 0.15) is 17.0 Å². The smallest absolute Gasteiger partial charge is 0.387 e. The van der Waals surface area contributed by atoms with Gasteiger partial charge >= 0.3 is 6.61 Å². The number of nitrogens with two attached hydrogens (primary N) is 1. The van der Waals surface area contributed by atoms with Crippen LogP contribution in [0.5, 0.6) is 11.5 Å². The van der Waals surface area contributed by atoms with Gasteiger partial charge in [0.25, 0.3) is 0 Å². The lowest BCUT2D eigenvalue weighted by atomic mass is 9.92. The van der Waals surface area contributed by atoms with Crippen LogP contribution in [0.25, 0.3) is 0 Å². The van der Waals surface area contributed by atoms with Crippen LogP contribution in [0.15, 0.2) is 48.5 Å². The molecule has 0 saturated carbocycles. The van der Waals surface area contributed by atoms with Crippen molar-refractivity contribution >= 4 is 5.91 Å². The van der Waals surface area contributed by atoms with Gasteiger partial charge in [-0.15, -0.1) is 0 Å². The first-order valence-corrected chi connectivity index (χ1v) is 8.67. The quantitative estimate of drug-likeness (QED) is 0.700. The molecule has 2 aromatic rings. The molecular formula is C20H24F2N2O3. The standard InChI is InChI=1S/C20H24F2N2O3/c1-3-11-26-16-10-9-14(17(12-16)27-19(21)22)13-24-18(25)20(2,23)15-7-5-4-6-8-15/h4-10,12,19H,3,11,13,23H2,1-2H3,(H,24,25). The van der Waals surface area contributed by atoms with Crippen LogP contribution in [0.3, 0.4) is 0 Å². The minimum absolute atomic E-state index is 0.00539. The first-order valence-electron chi connectivity index (χ1n) is 8.67. The summed E-state index contributed by atoms with van der Waals surface area (Å²) >= 11 is 0. The van der Waals surface area contributed by atoms with Crippen LogP contribution in [0.4, 0.5) is 8.78 Å². The lowest BCUT2D eigenvalue weighted by molar-refractivity contribution is -0.126. The highest BCUT2D eigenvalue weighted by molar-refractivity contribution is 5.87. The Bertz CT molecular complexity index is 752. The van der Waals surface area contributed by atoms with E-state index in [0.717, 1.165) is 6.42 Å². The summed E-state index contributed by atoms with van der Waals surface area (Å²) in [5.74, 6) is -0.0455. The van der Waals surface area contributed by atoms with Crippen molar-refractivity contribution < 1.29 is 23.0 Å². The molecule has 2 rings (SSSR count). The summed E-state index contributed by atoms with van der Waals surface area (Å²) in [4.78, 5) is 12.5. The van der Waals surface area contributed by atoms with E-state index in [-0.39, 0.29) is 12.3 Å². The Balaban J connectivity index is 2.12. The Morgan fingerprint density at radius 2 is 1.93 bits per heavy atom. The van der Waals surface area contributed by atoms with Crippen molar-refractivity contribution in [1.29, 1.82) is 0 Å². The molecule has 7 heteroatoms. The molecule has 0 aromatic heterocycles. The number of nitrogens with one attached hydrogen (secondary N) is 1. The normalized spacial score (nSPS) is 13.1. The van der Waals surface area contributed by atoms with E-state index in [1.54, 1.807) is 43.3 Å². The molecule has 3 N–H and O–H groups in total. The molecule has 146 valence electrons. The zero-order valence-corrected chi connectivity index (χ0v) is 15.4. The Morgan fingerprint density at radius 3 is 2.56 bits per heavy atom. The molecule has 1 unspecified atom stereocenters. The van der Waals surface area contributed by atoms with Gasteiger partial charge in [0.05, 0.1) is 6.61 Å².